The minimum atomic E-state index is -0.789. The van der Waals surface area contributed by atoms with Crippen molar-refractivity contribution in [3.63, 3.8) is 0 Å². The van der Waals surface area contributed by atoms with Gasteiger partial charge in [0.25, 0.3) is 11.8 Å². The maximum Gasteiger partial charge on any atom is 0.272 e. The van der Waals surface area contributed by atoms with Gasteiger partial charge in [-0.25, -0.2) is 0 Å². The molecule has 0 fully saturated rings. The molecule has 1 aromatic heterocycles. The Morgan fingerprint density at radius 3 is 3.04 bits per heavy atom. The number of para-hydroxylation sites is 2. The van der Waals surface area contributed by atoms with E-state index in [-0.39, 0.29) is 24.5 Å². The molecule has 0 saturated carbocycles. The fourth-order valence-corrected chi connectivity index (χ4v) is 3.42. The van der Waals surface area contributed by atoms with Crippen LogP contribution >= 0.6 is 0 Å². The molecule has 0 bridgehead atoms. The molecule has 4 rings (SSSR count). The molecule has 142 valence electrons. The van der Waals surface area contributed by atoms with Crippen molar-refractivity contribution in [2.24, 2.45) is 0 Å². The van der Waals surface area contributed by atoms with Gasteiger partial charge >= 0.3 is 0 Å². The highest BCUT2D eigenvalue weighted by Crippen LogP contribution is 2.30. The molecular formula is C19H22N4O4. The molecule has 3 heterocycles. The molecule has 8 heteroatoms. The van der Waals surface area contributed by atoms with Crippen molar-refractivity contribution in [3.8, 4) is 5.75 Å². The predicted molar refractivity (Wildman–Crippen MR) is 97.8 cm³/mol. The van der Waals surface area contributed by atoms with E-state index in [2.05, 4.69) is 15.5 Å². The normalized spacial score (nSPS) is 22.1. The summed E-state index contributed by atoms with van der Waals surface area (Å²) in [4.78, 5) is 27.1. The van der Waals surface area contributed by atoms with Crippen molar-refractivity contribution in [2.45, 2.75) is 38.5 Å². The molecule has 8 nitrogen and oxygen atoms in total. The van der Waals surface area contributed by atoms with Crippen LogP contribution in [0, 0.1) is 0 Å². The van der Waals surface area contributed by atoms with E-state index in [1.54, 1.807) is 13.1 Å². The highest BCUT2D eigenvalue weighted by Gasteiger charge is 2.32. The molecule has 0 aliphatic carbocycles. The fraction of sp³-hybridized carbons (Fsp3) is 0.421. The number of nitrogens with zero attached hydrogens (tertiary/aromatic N) is 2. The first-order chi connectivity index (χ1) is 13.0. The van der Waals surface area contributed by atoms with Gasteiger partial charge in [0.15, 0.2) is 5.69 Å². The molecule has 2 N–H and O–H groups in total. The van der Waals surface area contributed by atoms with Gasteiger partial charge in [-0.05, 0) is 31.9 Å². The predicted octanol–water partition coefficient (Wildman–Crippen LogP) is 1.41. The summed E-state index contributed by atoms with van der Waals surface area (Å²) in [6.45, 7) is 2.48. The van der Waals surface area contributed by atoms with Crippen molar-refractivity contribution < 1.29 is 19.1 Å². The molecule has 0 spiro atoms. The summed E-state index contributed by atoms with van der Waals surface area (Å²) >= 11 is 0. The van der Waals surface area contributed by atoms with E-state index < -0.39 is 6.04 Å². The van der Waals surface area contributed by atoms with Crippen LogP contribution in [-0.2, 0) is 22.6 Å². The lowest BCUT2D eigenvalue weighted by atomic mass is 10.1. The number of ether oxygens (including phenoxy) is 2. The number of anilines is 1. The molecule has 2 aliphatic heterocycles. The van der Waals surface area contributed by atoms with Gasteiger partial charge in [0.2, 0.25) is 0 Å². The zero-order valence-electron chi connectivity index (χ0n) is 15.3. The number of carbonyl (C=O) groups is 2. The molecule has 2 aliphatic rings. The molecule has 27 heavy (non-hydrogen) atoms. The zero-order chi connectivity index (χ0) is 19.0. The van der Waals surface area contributed by atoms with Crippen LogP contribution in [0.25, 0.3) is 0 Å². The summed E-state index contributed by atoms with van der Waals surface area (Å²) in [7, 11) is 1.67. The van der Waals surface area contributed by atoms with Crippen LogP contribution in [0.3, 0.4) is 0 Å². The Morgan fingerprint density at radius 2 is 2.19 bits per heavy atom. The number of benzene rings is 1. The minimum absolute atomic E-state index is 0.0681. The quantitative estimate of drug-likeness (QED) is 0.833. The Labute approximate surface area is 156 Å². The largest absolute Gasteiger partial charge is 0.489 e. The maximum atomic E-state index is 12.8. The van der Waals surface area contributed by atoms with Gasteiger partial charge in [-0.15, -0.1) is 0 Å². The van der Waals surface area contributed by atoms with Gasteiger partial charge in [0, 0.05) is 12.6 Å². The maximum absolute atomic E-state index is 12.8. The van der Waals surface area contributed by atoms with E-state index in [1.165, 1.54) is 4.90 Å². The molecule has 2 amide bonds. The Hall–Kier alpha value is -2.87. The lowest BCUT2D eigenvalue weighted by Gasteiger charge is -2.20. The Balaban J connectivity index is 1.53. The van der Waals surface area contributed by atoms with Crippen molar-refractivity contribution in [2.75, 3.05) is 18.6 Å². The average molecular weight is 370 g/mol. The minimum Gasteiger partial charge on any atom is -0.489 e. The molecule has 0 saturated heterocycles. The van der Waals surface area contributed by atoms with E-state index in [0.29, 0.717) is 30.2 Å². The molecule has 2 aromatic rings. The molecular weight excluding hydrogens is 348 g/mol. The summed E-state index contributed by atoms with van der Waals surface area (Å²) < 4.78 is 11.4. The van der Waals surface area contributed by atoms with Crippen LogP contribution in [0.5, 0.6) is 5.75 Å². The number of hydrogen-bond acceptors (Lipinski definition) is 5. The Bertz CT molecular complexity index is 878. The van der Waals surface area contributed by atoms with E-state index in [4.69, 9.17) is 9.47 Å². The monoisotopic (exact) mass is 370 g/mol. The Kier molecular flexibility index (Phi) is 4.57. The number of aromatic amines is 1. The van der Waals surface area contributed by atoms with E-state index in [1.807, 2.05) is 25.1 Å². The van der Waals surface area contributed by atoms with Gasteiger partial charge in [-0.1, -0.05) is 12.1 Å². The first kappa shape index (κ1) is 17.5. The first-order valence-electron chi connectivity index (χ1n) is 9.02. The third kappa shape index (κ3) is 3.28. The molecule has 0 radical (unpaired) electrons. The number of nitrogens with one attached hydrogen (secondary N) is 2. The smallest absolute Gasteiger partial charge is 0.272 e. The highest BCUT2D eigenvalue weighted by molar-refractivity contribution is 6.03. The van der Waals surface area contributed by atoms with Crippen LogP contribution in [0.2, 0.25) is 0 Å². The summed E-state index contributed by atoms with van der Waals surface area (Å²) in [5, 5.41) is 9.82. The summed E-state index contributed by atoms with van der Waals surface area (Å²) in [6.07, 6.45) is 1.65. The van der Waals surface area contributed by atoms with Gasteiger partial charge in [0.1, 0.15) is 18.4 Å². The molecule has 1 aromatic carbocycles. The fourth-order valence-electron chi connectivity index (χ4n) is 3.42. The highest BCUT2D eigenvalue weighted by atomic mass is 16.5. The van der Waals surface area contributed by atoms with Gasteiger partial charge in [-0.2, -0.15) is 5.10 Å². The standard InChI is InChI=1S/C19H22N4O4/c1-11-7-8-12-13(9-26-11)21-22-17(12)18(24)20-14-10-27-16-6-4-3-5-15(16)23(2)19(14)25/h3-6,11,14H,7-10H2,1-2H3,(H,20,24)(H,21,22)/t11?,14-/m0/s1. The van der Waals surface area contributed by atoms with Crippen LogP contribution in [-0.4, -0.2) is 47.8 Å². The summed E-state index contributed by atoms with van der Waals surface area (Å²) in [6, 6.07) is 6.51. The van der Waals surface area contributed by atoms with Crippen LogP contribution < -0.4 is 15.0 Å². The van der Waals surface area contributed by atoms with Crippen molar-refractivity contribution >= 4 is 17.5 Å². The van der Waals surface area contributed by atoms with Crippen molar-refractivity contribution in [1.29, 1.82) is 0 Å². The number of amides is 2. The first-order valence-corrected chi connectivity index (χ1v) is 9.02. The van der Waals surface area contributed by atoms with E-state index >= 15 is 0 Å². The van der Waals surface area contributed by atoms with E-state index in [9.17, 15) is 9.59 Å². The SMILES string of the molecule is CC1CCc2c(C(=O)N[C@H]3COc4ccccc4N(C)C3=O)n[nH]c2CO1. The number of aromatic nitrogens is 2. The lowest BCUT2D eigenvalue weighted by Crippen LogP contribution is -2.49. The summed E-state index contributed by atoms with van der Waals surface area (Å²) in [5.74, 6) is 0.000104. The number of H-pyrrole nitrogens is 1. The van der Waals surface area contributed by atoms with Gasteiger partial charge in [-0.3, -0.25) is 14.7 Å². The zero-order valence-corrected chi connectivity index (χ0v) is 15.3. The van der Waals surface area contributed by atoms with Crippen LogP contribution in [0.4, 0.5) is 5.69 Å². The lowest BCUT2D eigenvalue weighted by molar-refractivity contribution is -0.120. The topological polar surface area (TPSA) is 96.5 Å². The molecule has 1 unspecified atom stereocenters. The Morgan fingerprint density at radius 1 is 1.37 bits per heavy atom. The second kappa shape index (κ2) is 7.03. The number of rotatable bonds is 2. The number of fused-ring (bicyclic) bond motifs is 2. The van der Waals surface area contributed by atoms with Crippen molar-refractivity contribution in [3.05, 3.63) is 41.2 Å². The van der Waals surface area contributed by atoms with Crippen molar-refractivity contribution in [1.82, 2.24) is 15.5 Å². The van der Waals surface area contributed by atoms with Gasteiger partial charge in [0.05, 0.1) is 24.1 Å². The second-order valence-corrected chi connectivity index (χ2v) is 6.89. The summed E-state index contributed by atoms with van der Waals surface area (Å²) in [5.41, 5.74) is 2.67. The second-order valence-electron chi connectivity index (χ2n) is 6.89. The third-order valence-corrected chi connectivity index (χ3v) is 5.05. The van der Waals surface area contributed by atoms with Gasteiger partial charge < -0.3 is 19.7 Å². The average Bonchev–Trinajstić information content (AvgIpc) is 2.95. The van der Waals surface area contributed by atoms with Crippen LogP contribution in [0.15, 0.2) is 24.3 Å². The third-order valence-electron chi connectivity index (χ3n) is 5.05. The molecule has 2 atom stereocenters. The van der Waals surface area contributed by atoms with E-state index in [0.717, 1.165) is 17.7 Å². The number of hydrogen-bond donors (Lipinski definition) is 2. The van der Waals surface area contributed by atoms with Crippen LogP contribution in [0.1, 0.15) is 35.1 Å². The number of likely N-dealkylation sites (N-methyl/N-ethyl adjacent to an activating group) is 1. The number of carbonyl (C=O) groups excluding carboxylic acids is 2.